The molecule has 1 nitrogen and oxygen atoms in total. The minimum absolute atomic E-state index is 0.426. The van der Waals surface area contributed by atoms with E-state index in [1.807, 2.05) is 0 Å². The van der Waals surface area contributed by atoms with Gasteiger partial charge in [0.15, 0.2) is 0 Å². The molecule has 0 N–H and O–H groups in total. The lowest BCUT2D eigenvalue weighted by Gasteiger charge is -2.47. The van der Waals surface area contributed by atoms with E-state index in [4.69, 9.17) is 0 Å². The molecule has 0 saturated carbocycles. The van der Waals surface area contributed by atoms with E-state index in [1.165, 1.54) is 19.4 Å². The van der Waals surface area contributed by atoms with Crippen molar-refractivity contribution in [3.63, 3.8) is 0 Å². The van der Waals surface area contributed by atoms with Gasteiger partial charge in [0.2, 0.25) is 0 Å². The first-order valence-electron chi connectivity index (χ1n) is 4.55. The number of rotatable bonds is 0. The van der Waals surface area contributed by atoms with Crippen LogP contribution in [0.15, 0.2) is 0 Å². The molecule has 66 valence electrons. The standard InChI is InChI=1S/C10H21N/c1-9(2)6-7-10(3,4)11(5)8-9/h6-8H2,1-5H3. The Balaban J connectivity index is 2.63. The molecule has 0 aromatic carbocycles. The van der Waals surface area contributed by atoms with Crippen LogP contribution in [0.4, 0.5) is 0 Å². The topological polar surface area (TPSA) is 3.24 Å². The van der Waals surface area contributed by atoms with Crippen LogP contribution in [-0.2, 0) is 0 Å². The zero-order chi connectivity index (χ0) is 8.70. The van der Waals surface area contributed by atoms with E-state index in [-0.39, 0.29) is 0 Å². The van der Waals surface area contributed by atoms with Gasteiger partial charge in [-0.15, -0.1) is 0 Å². The third kappa shape index (κ3) is 1.96. The third-order valence-electron chi connectivity index (χ3n) is 3.11. The molecule has 0 aromatic rings. The van der Waals surface area contributed by atoms with Crippen molar-refractivity contribution in [1.82, 2.24) is 4.90 Å². The normalized spacial score (nSPS) is 30.3. The van der Waals surface area contributed by atoms with Crippen LogP contribution in [0.5, 0.6) is 0 Å². The van der Waals surface area contributed by atoms with Crippen molar-refractivity contribution < 1.29 is 0 Å². The van der Waals surface area contributed by atoms with E-state index in [0.29, 0.717) is 11.0 Å². The van der Waals surface area contributed by atoms with Crippen LogP contribution in [0.25, 0.3) is 0 Å². The predicted molar refractivity (Wildman–Crippen MR) is 49.7 cm³/mol. The molecule has 0 aromatic heterocycles. The fourth-order valence-corrected chi connectivity index (χ4v) is 1.77. The highest BCUT2D eigenvalue weighted by Crippen LogP contribution is 2.36. The van der Waals surface area contributed by atoms with Gasteiger partial charge in [-0.3, -0.25) is 0 Å². The van der Waals surface area contributed by atoms with Gasteiger partial charge in [0.05, 0.1) is 0 Å². The van der Waals surface area contributed by atoms with Crippen LogP contribution in [0.2, 0.25) is 0 Å². The zero-order valence-electron chi connectivity index (χ0n) is 8.57. The second kappa shape index (κ2) is 2.48. The Morgan fingerprint density at radius 1 is 1.00 bits per heavy atom. The quantitative estimate of drug-likeness (QED) is 0.519. The van der Waals surface area contributed by atoms with Gasteiger partial charge in [-0.2, -0.15) is 0 Å². The van der Waals surface area contributed by atoms with Crippen LogP contribution in [0, 0.1) is 5.41 Å². The molecule has 1 saturated heterocycles. The van der Waals surface area contributed by atoms with Gasteiger partial charge in [0, 0.05) is 12.1 Å². The molecule has 0 aliphatic carbocycles. The first kappa shape index (κ1) is 9.05. The van der Waals surface area contributed by atoms with E-state index < -0.39 is 0 Å². The largest absolute Gasteiger partial charge is 0.301 e. The molecule has 0 bridgehead atoms. The molecular formula is C10H21N. The molecule has 0 radical (unpaired) electrons. The highest BCUT2D eigenvalue weighted by molar-refractivity contribution is 4.90. The summed E-state index contributed by atoms with van der Waals surface area (Å²) in [5.74, 6) is 0. The maximum Gasteiger partial charge on any atom is 0.0150 e. The molecule has 1 fully saturated rings. The van der Waals surface area contributed by atoms with Gasteiger partial charge >= 0.3 is 0 Å². The minimum Gasteiger partial charge on any atom is -0.301 e. The summed E-state index contributed by atoms with van der Waals surface area (Å²) in [6, 6.07) is 0. The van der Waals surface area contributed by atoms with Crippen molar-refractivity contribution in [1.29, 1.82) is 0 Å². The van der Waals surface area contributed by atoms with Gasteiger partial charge in [0.1, 0.15) is 0 Å². The second-order valence-electron chi connectivity index (χ2n) is 5.33. The van der Waals surface area contributed by atoms with Gasteiger partial charge in [0.25, 0.3) is 0 Å². The summed E-state index contributed by atoms with van der Waals surface area (Å²) in [4.78, 5) is 2.48. The summed E-state index contributed by atoms with van der Waals surface area (Å²) in [5, 5.41) is 0. The Hall–Kier alpha value is -0.0400. The van der Waals surface area contributed by atoms with E-state index in [2.05, 4.69) is 39.6 Å². The van der Waals surface area contributed by atoms with Gasteiger partial charge in [-0.1, -0.05) is 13.8 Å². The Kier molecular flexibility index (Phi) is 2.04. The molecule has 1 heteroatoms. The Morgan fingerprint density at radius 3 is 1.91 bits per heavy atom. The van der Waals surface area contributed by atoms with E-state index >= 15 is 0 Å². The van der Waals surface area contributed by atoms with Crippen LogP contribution in [-0.4, -0.2) is 24.0 Å². The first-order chi connectivity index (χ1) is 4.83. The molecule has 1 aliphatic heterocycles. The van der Waals surface area contributed by atoms with Crippen molar-refractivity contribution >= 4 is 0 Å². The average Bonchev–Trinajstić information content (AvgIpc) is 1.81. The smallest absolute Gasteiger partial charge is 0.0150 e. The monoisotopic (exact) mass is 155 g/mol. The number of piperidine rings is 1. The number of likely N-dealkylation sites (tertiary alicyclic amines) is 1. The van der Waals surface area contributed by atoms with E-state index in [9.17, 15) is 0 Å². The second-order valence-corrected chi connectivity index (χ2v) is 5.33. The summed E-state index contributed by atoms with van der Waals surface area (Å²) in [5.41, 5.74) is 0.958. The van der Waals surface area contributed by atoms with Gasteiger partial charge < -0.3 is 4.90 Å². The molecule has 0 spiro atoms. The highest BCUT2D eigenvalue weighted by Gasteiger charge is 2.35. The Morgan fingerprint density at radius 2 is 1.55 bits per heavy atom. The van der Waals surface area contributed by atoms with Crippen LogP contribution in [0.1, 0.15) is 40.5 Å². The lowest BCUT2D eigenvalue weighted by molar-refractivity contribution is 0.0334. The summed E-state index contributed by atoms with van der Waals surface area (Å²) < 4.78 is 0. The lowest BCUT2D eigenvalue weighted by Crippen LogP contribution is -2.50. The maximum atomic E-state index is 2.48. The van der Waals surface area contributed by atoms with Crippen molar-refractivity contribution in [3.8, 4) is 0 Å². The third-order valence-corrected chi connectivity index (χ3v) is 3.11. The summed E-state index contributed by atoms with van der Waals surface area (Å²) in [7, 11) is 2.24. The maximum absolute atomic E-state index is 2.48. The predicted octanol–water partition coefficient (Wildman–Crippen LogP) is 2.52. The molecule has 0 amide bonds. The van der Waals surface area contributed by atoms with Crippen LogP contribution in [0.3, 0.4) is 0 Å². The molecule has 11 heavy (non-hydrogen) atoms. The van der Waals surface area contributed by atoms with Gasteiger partial charge in [-0.25, -0.2) is 0 Å². The fraction of sp³-hybridized carbons (Fsp3) is 1.00. The zero-order valence-corrected chi connectivity index (χ0v) is 8.57. The molecule has 1 aliphatic rings. The summed E-state index contributed by atoms with van der Waals surface area (Å²) >= 11 is 0. The van der Waals surface area contributed by atoms with Crippen molar-refractivity contribution in [2.24, 2.45) is 5.41 Å². The lowest BCUT2D eigenvalue weighted by atomic mass is 9.77. The highest BCUT2D eigenvalue weighted by atomic mass is 15.2. The number of hydrogen-bond acceptors (Lipinski definition) is 1. The van der Waals surface area contributed by atoms with Gasteiger partial charge in [-0.05, 0) is 39.2 Å². The van der Waals surface area contributed by atoms with Crippen molar-refractivity contribution in [3.05, 3.63) is 0 Å². The molecule has 0 atom stereocenters. The molecule has 1 heterocycles. The molecular weight excluding hydrogens is 134 g/mol. The summed E-state index contributed by atoms with van der Waals surface area (Å²) in [6.07, 6.45) is 2.70. The summed E-state index contributed by atoms with van der Waals surface area (Å²) in [6.45, 7) is 10.6. The fourth-order valence-electron chi connectivity index (χ4n) is 1.77. The molecule has 0 unspecified atom stereocenters. The Labute approximate surface area is 70.8 Å². The van der Waals surface area contributed by atoms with E-state index in [1.54, 1.807) is 0 Å². The van der Waals surface area contributed by atoms with E-state index in [0.717, 1.165) is 0 Å². The van der Waals surface area contributed by atoms with Crippen molar-refractivity contribution in [2.45, 2.75) is 46.1 Å². The SMILES string of the molecule is CN1CC(C)(C)CCC1(C)C. The molecule has 1 rings (SSSR count). The number of hydrogen-bond donors (Lipinski definition) is 0. The first-order valence-corrected chi connectivity index (χ1v) is 4.55. The van der Waals surface area contributed by atoms with Crippen molar-refractivity contribution in [2.75, 3.05) is 13.6 Å². The van der Waals surface area contributed by atoms with Crippen LogP contribution < -0.4 is 0 Å². The van der Waals surface area contributed by atoms with Crippen LogP contribution >= 0.6 is 0 Å². The Bertz CT molecular complexity index is 147. The average molecular weight is 155 g/mol. The number of nitrogens with zero attached hydrogens (tertiary/aromatic N) is 1. The minimum atomic E-state index is 0.426.